The van der Waals surface area contributed by atoms with E-state index in [1.165, 1.54) is 0 Å². The first-order valence-electron chi connectivity index (χ1n) is 5.47. The quantitative estimate of drug-likeness (QED) is 0.851. The molecule has 2 aromatic carbocycles. The van der Waals surface area contributed by atoms with E-state index in [1.807, 2.05) is 6.92 Å². The fraction of sp³-hybridized carbons (Fsp3) is 0.0769. The summed E-state index contributed by atoms with van der Waals surface area (Å²) in [6, 6.07) is 15.5. The van der Waals surface area contributed by atoms with E-state index in [4.69, 9.17) is 7.81 Å². The molecule has 0 aromatic heterocycles. The lowest BCUT2D eigenvalue weighted by atomic mass is 10.2. The van der Waals surface area contributed by atoms with Crippen molar-refractivity contribution < 1.29 is 16.2 Å². The molecule has 0 saturated carbocycles. The Balaban J connectivity index is 1.95. The van der Waals surface area contributed by atoms with E-state index >= 15 is 0 Å². The maximum Gasteiger partial charge on any atom is 0.374 e. The van der Waals surface area contributed by atoms with Crippen molar-refractivity contribution in [3.8, 4) is 5.75 Å². The highest BCUT2D eigenvalue weighted by Gasteiger charge is 2.11. The molecular formula is C13H12O4S2. The molecule has 6 heteroatoms. The first kappa shape index (κ1) is 13.9. The second-order valence-electron chi connectivity index (χ2n) is 3.72. The summed E-state index contributed by atoms with van der Waals surface area (Å²) < 4.78 is 33.1. The Morgan fingerprint density at radius 3 is 2.16 bits per heavy atom. The predicted molar refractivity (Wildman–Crippen MR) is 73.9 cm³/mol. The molecule has 19 heavy (non-hydrogen) atoms. The molecule has 0 radical (unpaired) electrons. The molecule has 0 aliphatic heterocycles. The van der Waals surface area contributed by atoms with Crippen molar-refractivity contribution >= 4 is 22.4 Å². The number of rotatable bonds is 5. The smallest absolute Gasteiger partial charge is 0.374 e. The third-order valence-corrected chi connectivity index (χ3v) is 4.16. The second-order valence-corrected chi connectivity index (χ2v) is 5.78. The molecule has 0 saturated heterocycles. The van der Waals surface area contributed by atoms with E-state index < -0.39 is 22.4 Å². The summed E-state index contributed by atoms with van der Waals surface area (Å²) in [6.07, 6.45) is 0. The lowest BCUT2D eigenvalue weighted by Gasteiger charge is -2.04. The molecule has 2 atom stereocenters. The second kappa shape index (κ2) is 6.60. The zero-order chi connectivity index (χ0) is 13.7. The van der Waals surface area contributed by atoms with E-state index in [9.17, 15) is 8.42 Å². The molecule has 0 N–H and O–H groups in total. The fourth-order valence-corrected chi connectivity index (χ4v) is 2.76. The minimum absolute atomic E-state index is 0.390. The summed E-state index contributed by atoms with van der Waals surface area (Å²) in [5.41, 5.74) is 1.04. The van der Waals surface area contributed by atoms with Gasteiger partial charge in [-0.3, -0.25) is 0 Å². The van der Waals surface area contributed by atoms with Crippen molar-refractivity contribution in [1.29, 1.82) is 0 Å². The highest BCUT2D eigenvalue weighted by atomic mass is 32.3. The zero-order valence-corrected chi connectivity index (χ0v) is 11.8. The topological polar surface area (TPSA) is 52.6 Å². The lowest BCUT2D eigenvalue weighted by Crippen LogP contribution is -2.07. The highest BCUT2D eigenvalue weighted by molar-refractivity contribution is 7.91. The van der Waals surface area contributed by atoms with Gasteiger partial charge in [-0.15, -0.1) is 0 Å². The Bertz CT molecular complexity index is 581. The van der Waals surface area contributed by atoms with Crippen LogP contribution in [0.15, 0.2) is 59.5 Å². The molecule has 0 bridgehead atoms. The Kier molecular flexibility index (Phi) is 4.84. The van der Waals surface area contributed by atoms with E-state index in [0.29, 0.717) is 10.6 Å². The maximum atomic E-state index is 11.8. The van der Waals surface area contributed by atoms with Crippen LogP contribution in [0.3, 0.4) is 0 Å². The van der Waals surface area contributed by atoms with Gasteiger partial charge in [0.05, 0.1) is 4.90 Å². The van der Waals surface area contributed by atoms with Crippen LogP contribution in [0, 0.1) is 6.92 Å². The molecule has 0 amide bonds. The van der Waals surface area contributed by atoms with Gasteiger partial charge in [-0.2, -0.15) is 7.84 Å². The molecule has 0 fully saturated rings. The minimum atomic E-state index is -2.11. The molecule has 0 aliphatic carbocycles. The van der Waals surface area contributed by atoms with E-state index in [1.54, 1.807) is 54.6 Å². The molecule has 2 unspecified atom stereocenters. The summed E-state index contributed by atoms with van der Waals surface area (Å²) in [5.74, 6) is 0.390. The molecule has 100 valence electrons. The summed E-state index contributed by atoms with van der Waals surface area (Å²) in [7, 11) is 0. The van der Waals surface area contributed by atoms with Crippen LogP contribution < -0.4 is 4.18 Å². The van der Waals surface area contributed by atoms with E-state index in [0.717, 1.165) is 5.56 Å². The van der Waals surface area contributed by atoms with Gasteiger partial charge in [0.1, 0.15) is 5.75 Å². The average molecular weight is 296 g/mol. The van der Waals surface area contributed by atoms with Gasteiger partial charge in [0.2, 0.25) is 11.1 Å². The van der Waals surface area contributed by atoms with Gasteiger partial charge >= 0.3 is 11.4 Å². The van der Waals surface area contributed by atoms with Crippen LogP contribution in [0.2, 0.25) is 0 Å². The van der Waals surface area contributed by atoms with Gasteiger partial charge in [-0.25, -0.2) is 4.21 Å². The zero-order valence-electron chi connectivity index (χ0n) is 10.1. The molecule has 4 nitrogen and oxygen atoms in total. The number of benzene rings is 2. The third kappa shape index (κ3) is 4.27. The number of para-hydroxylation sites is 1. The standard InChI is InChI=1S/C13H12O4S2/c1-11-7-9-13(10-8-11)18(14)17-19(15)16-12-5-3-2-4-6-12/h2-10H,1H3. The van der Waals surface area contributed by atoms with Gasteiger partial charge in [0.15, 0.2) is 0 Å². The van der Waals surface area contributed by atoms with E-state index in [-0.39, 0.29) is 0 Å². The van der Waals surface area contributed by atoms with Crippen molar-refractivity contribution in [3.05, 3.63) is 60.2 Å². The molecule has 2 rings (SSSR count). The average Bonchev–Trinajstić information content (AvgIpc) is 2.40. The van der Waals surface area contributed by atoms with Crippen molar-refractivity contribution in [2.75, 3.05) is 0 Å². The van der Waals surface area contributed by atoms with Crippen molar-refractivity contribution in [2.24, 2.45) is 0 Å². The van der Waals surface area contributed by atoms with Gasteiger partial charge < -0.3 is 4.18 Å². The number of hydrogen-bond donors (Lipinski definition) is 0. The van der Waals surface area contributed by atoms with E-state index in [2.05, 4.69) is 0 Å². The Hall–Kier alpha value is -1.50. The summed E-state index contributed by atoms with van der Waals surface area (Å²) in [5, 5.41) is 0. The van der Waals surface area contributed by atoms with Crippen molar-refractivity contribution in [1.82, 2.24) is 0 Å². The molecule has 0 aliphatic rings. The number of aryl methyl sites for hydroxylation is 1. The van der Waals surface area contributed by atoms with Gasteiger partial charge in [-0.05, 0) is 31.2 Å². The van der Waals surface area contributed by atoms with Crippen LogP contribution in [0.25, 0.3) is 0 Å². The predicted octanol–water partition coefficient (Wildman–Crippen LogP) is 2.69. The number of hydrogen-bond acceptors (Lipinski definition) is 4. The van der Waals surface area contributed by atoms with Crippen LogP contribution in [0.4, 0.5) is 0 Å². The summed E-state index contributed by atoms with van der Waals surface area (Å²) >= 11 is -3.93. The normalized spacial score (nSPS) is 13.7. The largest absolute Gasteiger partial charge is 0.379 e. The van der Waals surface area contributed by atoms with Crippen molar-refractivity contribution in [2.45, 2.75) is 11.8 Å². The first-order valence-corrected chi connectivity index (χ1v) is 7.55. The van der Waals surface area contributed by atoms with Gasteiger partial charge in [-0.1, -0.05) is 35.9 Å². The van der Waals surface area contributed by atoms with Crippen LogP contribution in [-0.4, -0.2) is 8.42 Å². The molecule has 0 heterocycles. The lowest BCUT2D eigenvalue weighted by molar-refractivity contribution is 0.473. The third-order valence-electron chi connectivity index (χ3n) is 2.24. The Morgan fingerprint density at radius 1 is 0.895 bits per heavy atom. The highest BCUT2D eigenvalue weighted by Crippen LogP contribution is 2.14. The van der Waals surface area contributed by atoms with Crippen LogP contribution in [0.1, 0.15) is 5.56 Å². The van der Waals surface area contributed by atoms with Crippen LogP contribution >= 0.6 is 0 Å². The van der Waals surface area contributed by atoms with Crippen molar-refractivity contribution in [3.63, 3.8) is 0 Å². The molecule has 0 spiro atoms. The molecular weight excluding hydrogens is 284 g/mol. The van der Waals surface area contributed by atoms with Gasteiger partial charge in [0.25, 0.3) is 0 Å². The van der Waals surface area contributed by atoms with Gasteiger partial charge in [0, 0.05) is 0 Å². The minimum Gasteiger partial charge on any atom is -0.379 e. The monoisotopic (exact) mass is 296 g/mol. The maximum absolute atomic E-state index is 11.8. The Labute approximate surface area is 116 Å². The summed E-state index contributed by atoms with van der Waals surface area (Å²) in [4.78, 5) is 0.440. The van der Waals surface area contributed by atoms with Crippen LogP contribution in [0.5, 0.6) is 5.75 Å². The summed E-state index contributed by atoms with van der Waals surface area (Å²) in [6.45, 7) is 1.92. The first-order chi connectivity index (χ1) is 9.15. The fourth-order valence-electron chi connectivity index (χ4n) is 1.31. The SMILES string of the molecule is Cc1ccc(S(=O)OS(=O)Oc2ccccc2)cc1. The van der Waals surface area contributed by atoms with Crippen LogP contribution in [-0.2, 0) is 26.1 Å². The molecule has 2 aromatic rings. The Morgan fingerprint density at radius 2 is 1.53 bits per heavy atom.